The van der Waals surface area contributed by atoms with Gasteiger partial charge in [0, 0.05) is 4.47 Å². The molecule has 0 saturated carbocycles. The predicted molar refractivity (Wildman–Crippen MR) is 87.8 cm³/mol. The van der Waals surface area contributed by atoms with Crippen molar-refractivity contribution in [2.45, 2.75) is 9.79 Å². The Bertz CT molecular complexity index is 930. The van der Waals surface area contributed by atoms with Crippen LogP contribution in [0.15, 0.2) is 56.7 Å². The first-order valence-corrected chi connectivity index (χ1v) is 9.90. The highest BCUT2D eigenvalue weighted by Gasteiger charge is 2.19. The van der Waals surface area contributed by atoms with Crippen LogP contribution in [0.4, 0.5) is 5.69 Å². The normalized spacial score (nSPS) is 12.1. The third-order valence-corrected chi connectivity index (χ3v) is 5.87. The molecule has 0 unspecified atom stereocenters. The largest absolute Gasteiger partial charge is 0.280 e. The fourth-order valence-electron chi connectivity index (χ4n) is 1.64. The van der Waals surface area contributed by atoms with Crippen molar-refractivity contribution in [3.63, 3.8) is 0 Å². The number of nitrogens with two attached hydrogens (primary N) is 1. The number of rotatable bonds is 4. The molecular formula is C12H10BrClN2O4S2. The molecule has 0 atom stereocenters. The SMILES string of the molecule is NS(=O)(=O)c1cccc(NS(=O)(=O)c2ccc(Br)cc2Cl)c1. The molecule has 0 spiro atoms. The Morgan fingerprint density at radius 2 is 1.73 bits per heavy atom. The summed E-state index contributed by atoms with van der Waals surface area (Å²) in [5, 5.41) is 5.04. The van der Waals surface area contributed by atoms with Crippen LogP contribution in [0.2, 0.25) is 5.02 Å². The Labute approximate surface area is 141 Å². The van der Waals surface area contributed by atoms with Crippen molar-refractivity contribution in [2.75, 3.05) is 4.72 Å². The van der Waals surface area contributed by atoms with Crippen molar-refractivity contribution < 1.29 is 16.8 Å². The van der Waals surface area contributed by atoms with Gasteiger partial charge in [-0.2, -0.15) is 0 Å². The highest BCUT2D eigenvalue weighted by Crippen LogP contribution is 2.27. The summed E-state index contributed by atoms with van der Waals surface area (Å²) in [6, 6.07) is 9.47. The van der Waals surface area contributed by atoms with Gasteiger partial charge in [-0.1, -0.05) is 33.6 Å². The summed E-state index contributed by atoms with van der Waals surface area (Å²) < 4.78 is 50.1. The minimum atomic E-state index is -3.96. The highest BCUT2D eigenvalue weighted by molar-refractivity contribution is 9.10. The molecule has 0 aliphatic carbocycles. The van der Waals surface area contributed by atoms with Crippen LogP contribution in [0.5, 0.6) is 0 Å². The number of sulfonamides is 2. The van der Waals surface area contributed by atoms with Crippen LogP contribution in [-0.4, -0.2) is 16.8 Å². The Balaban J connectivity index is 2.41. The van der Waals surface area contributed by atoms with E-state index in [0.717, 1.165) is 6.07 Å². The summed E-state index contributed by atoms with van der Waals surface area (Å²) in [6.45, 7) is 0. The zero-order valence-corrected chi connectivity index (χ0v) is 14.8. The third kappa shape index (κ3) is 3.99. The number of nitrogens with one attached hydrogen (secondary N) is 1. The molecule has 0 aromatic heterocycles. The van der Waals surface area contributed by atoms with E-state index in [0.29, 0.717) is 4.47 Å². The molecular weight excluding hydrogens is 416 g/mol. The van der Waals surface area contributed by atoms with Crippen LogP contribution < -0.4 is 9.86 Å². The first-order valence-electron chi connectivity index (χ1n) is 5.70. The Morgan fingerprint density at radius 3 is 2.32 bits per heavy atom. The number of benzene rings is 2. The molecule has 0 saturated heterocycles. The zero-order valence-electron chi connectivity index (χ0n) is 10.8. The molecule has 2 aromatic rings. The van der Waals surface area contributed by atoms with Gasteiger partial charge in [-0.15, -0.1) is 0 Å². The molecule has 0 amide bonds. The number of hydrogen-bond acceptors (Lipinski definition) is 4. The van der Waals surface area contributed by atoms with Gasteiger partial charge >= 0.3 is 0 Å². The second kappa shape index (κ2) is 6.17. The van der Waals surface area contributed by atoms with Crippen LogP contribution in [0, 0.1) is 0 Å². The molecule has 3 N–H and O–H groups in total. The van der Waals surface area contributed by atoms with Gasteiger partial charge in [0.15, 0.2) is 0 Å². The Kier molecular flexibility index (Phi) is 4.83. The van der Waals surface area contributed by atoms with Gasteiger partial charge in [-0.05, 0) is 36.4 Å². The minimum Gasteiger partial charge on any atom is -0.280 e. The lowest BCUT2D eigenvalue weighted by Gasteiger charge is -2.10. The van der Waals surface area contributed by atoms with Crippen LogP contribution in [0.1, 0.15) is 0 Å². The molecule has 0 radical (unpaired) electrons. The lowest BCUT2D eigenvalue weighted by atomic mass is 10.3. The minimum absolute atomic E-state index is 0.0319. The van der Waals surface area contributed by atoms with E-state index in [1.807, 2.05) is 0 Å². The quantitative estimate of drug-likeness (QED) is 0.785. The summed E-state index contributed by atoms with van der Waals surface area (Å²) in [7, 11) is -7.89. The zero-order chi connectivity index (χ0) is 16.5. The number of hydrogen-bond donors (Lipinski definition) is 2. The number of halogens is 2. The van der Waals surface area contributed by atoms with Crippen molar-refractivity contribution in [3.05, 3.63) is 52.0 Å². The van der Waals surface area contributed by atoms with Gasteiger partial charge in [0.2, 0.25) is 10.0 Å². The van der Waals surface area contributed by atoms with E-state index in [9.17, 15) is 16.8 Å². The first kappa shape index (κ1) is 17.2. The lowest BCUT2D eigenvalue weighted by molar-refractivity contribution is 0.596. The summed E-state index contributed by atoms with van der Waals surface area (Å²) in [5.41, 5.74) is 0.0607. The first-order chi connectivity index (χ1) is 10.1. The van der Waals surface area contributed by atoms with Gasteiger partial charge in [-0.25, -0.2) is 22.0 Å². The molecule has 10 heteroatoms. The average molecular weight is 426 g/mol. The smallest absolute Gasteiger partial charge is 0.263 e. The van der Waals surface area contributed by atoms with Crippen LogP contribution >= 0.6 is 27.5 Å². The monoisotopic (exact) mass is 424 g/mol. The topological polar surface area (TPSA) is 106 Å². The second-order valence-corrected chi connectivity index (χ2v) is 8.79. The maximum atomic E-state index is 12.3. The Morgan fingerprint density at radius 1 is 1.05 bits per heavy atom. The third-order valence-electron chi connectivity index (χ3n) is 2.60. The molecule has 0 aliphatic heterocycles. The molecule has 0 heterocycles. The molecule has 2 rings (SSSR count). The van der Waals surface area contributed by atoms with E-state index in [2.05, 4.69) is 20.7 Å². The Hall–Kier alpha value is -1.13. The van der Waals surface area contributed by atoms with E-state index >= 15 is 0 Å². The molecule has 0 fully saturated rings. The summed E-state index contributed by atoms with van der Waals surface area (Å²) in [5.74, 6) is 0. The summed E-state index contributed by atoms with van der Waals surface area (Å²) >= 11 is 9.10. The molecule has 2 aromatic carbocycles. The van der Waals surface area contributed by atoms with Crippen LogP contribution in [-0.2, 0) is 20.0 Å². The van der Waals surface area contributed by atoms with Crippen LogP contribution in [0.25, 0.3) is 0 Å². The standard InChI is InChI=1S/C12H10BrClN2O4S2/c13-8-4-5-12(11(14)6-8)22(19,20)16-9-2-1-3-10(7-9)21(15,17)18/h1-7,16H,(H2,15,17,18). The van der Waals surface area contributed by atoms with Crippen LogP contribution in [0.3, 0.4) is 0 Å². The van der Waals surface area contributed by atoms with Crippen molar-refractivity contribution in [2.24, 2.45) is 5.14 Å². The molecule has 0 aliphatic rings. The van der Waals surface area contributed by atoms with E-state index in [1.165, 1.54) is 36.4 Å². The number of anilines is 1. The van der Waals surface area contributed by atoms with Gasteiger partial charge in [0.05, 0.1) is 15.6 Å². The maximum Gasteiger partial charge on any atom is 0.263 e. The van der Waals surface area contributed by atoms with Gasteiger partial charge in [0.1, 0.15) is 4.90 Å². The maximum absolute atomic E-state index is 12.3. The van der Waals surface area contributed by atoms with Gasteiger partial charge in [-0.3, -0.25) is 4.72 Å². The van der Waals surface area contributed by atoms with Gasteiger partial charge in [0.25, 0.3) is 10.0 Å². The fraction of sp³-hybridized carbons (Fsp3) is 0. The average Bonchev–Trinajstić information content (AvgIpc) is 2.36. The molecule has 118 valence electrons. The van der Waals surface area contributed by atoms with Crippen molar-refractivity contribution in [1.82, 2.24) is 0 Å². The van der Waals surface area contributed by atoms with Crippen molar-refractivity contribution >= 4 is 53.3 Å². The molecule has 6 nitrogen and oxygen atoms in total. The predicted octanol–water partition coefficient (Wildman–Crippen LogP) is 2.55. The van der Waals surface area contributed by atoms with Crippen molar-refractivity contribution in [1.29, 1.82) is 0 Å². The van der Waals surface area contributed by atoms with E-state index < -0.39 is 20.0 Å². The van der Waals surface area contributed by atoms with E-state index in [4.69, 9.17) is 16.7 Å². The van der Waals surface area contributed by atoms with Gasteiger partial charge < -0.3 is 0 Å². The summed E-state index contributed by atoms with van der Waals surface area (Å²) in [4.78, 5) is -0.326. The highest BCUT2D eigenvalue weighted by atomic mass is 79.9. The lowest BCUT2D eigenvalue weighted by Crippen LogP contribution is -2.15. The summed E-state index contributed by atoms with van der Waals surface area (Å²) in [6.07, 6.45) is 0. The molecule has 0 bridgehead atoms. The number of primary sulfonamides is 1. The fourth-order valence-corrected chi connectivity index (χ4v) is 4.29. The second-order valence-electron chi connectivity index (χ2n) is 4.25. The van der Waals surface area contributed by atoms with Crippen molar-refractivity contribution in [3.8, 4) is 0 Å². The van der Waals surface area contributed by atoms with E-state index in [-0.39, 0.29) is 20.5 Å². The molecule has 22 heavy (non-hydrogen) atoms. The van der Waals surface area contributed by atoms with E-state index in [1.54, 1.807) is 0 Å².